The number of nitrogens with one attached hydrogen (secondary N) is 1. The minimum Gasteiger partial charge on any atom is -0.462 e. The number of rotatable bonds is 6. The SMILES string of the molecule is Cc1ccc(C=Cc2nc(SCC(=O)c3ccc(F)cc3)n[nH]2)o1. The molecule has 0 spiro atoms. The fourth-order valence-corrected chi connectivity index (χ4v) is 2.65. The quantitative estimate of drug-likeness (QED) is 0.541. The van der Waals surface area contributed by atoms with Gasteiger partial charge in [0.05, 0.1) is 5.75 Å². The van der Waals surface area contributed by atoms with Crippen molar-refractivity contribution in [3.63, 3.8) is 0 Å². The molecule has 24 heavy (non-hydrogen) atoms. The van der Waals surface area contributed by atoms with E-state index in [1.807, 2.05) is 19.1 Å². The van der Waals surface area contributed by atoms with Crippen LogP contribution in [0.5, 0.6) is 0 Å². The van der Waals surface area contributed by atoms with Crippen LogP contribution in [0.15, 0.2) is 46.0 Å². The van der Waals surface area contributed by atoms with Gasteiger partial charge in [-0.1, -0.05) is 11.8 Å². The Balaban J connectivity index is 1.57. The molecule has 0 aliphatic carbocycles. The van der Waals surface area contributed by atoms with Gasteiger partial charge >= 0.3 is 0 Å². The molecule has 2 aromatic heterocycles. The molecule has 5 nitrogen and oxygen atoms in total. The van der Waals surface area contributed by atoms with Crippen molar-refractivity contribution in [3.8, 4) is 0 Å². The molecule has 0 saturated carbocycles. The molecule has 1 N–H and O–H groups in total. The summed E-state index contributed by atoms with van der Waals surface area (Å²) in [5, 5.41) is 7.30. The maximum atomic E-state index is 12.8. The third-order valence-electron chi connectivity index (χ3n) is 3.15. The van der Waals surface area contributed by atoms with Crippen LogP contribution in [0.1, 0.15) is 27.7 Å². The van der Waals surface area contributed by atoms with Gasteiger partial charge in [0, 0.05) is 5.56 Å². The Morgan fingerprint density at radius 1 is 1.25 bits per heavy atom. The van der Waals surface area contributed by atoms with E-state index >= 15 is 0 Å². The van der Waals surface area contributed by atoms with Crippen LogP contribution in [0.2, 0.25) is 0 Å². The Hall–Kier alpha value is -2.67. The number of carbonyl (C=O) groups excluding carboxylic acids is 1. The molecule has 1 aromatic carbocycles. The third-order valence-corrected chi connectivity index (χ3v) is 3.99. The summed E-state index contributed by atoms with van der Waals surface area (Å²) in [5.74, 6) is 1.85. The number of benzene rings is 1. The average molecular weight is 343 g/mol. The standard InChI is InChI=1S/C17H14FN3O2S/c1-11-2-7-14(23-11)8-9-16-19-17(21-20-16)24-10-15(22)12-3-5-13(18)6-4-12/h2-9H,10H2,1H3,(H,19,20,21). The van der Waals surface area contributed by atoms with Gasteiger partial charge < -0.3 is 4.42 Å². The first-order chi connectivity index (χ1) is 11.6. The third kappa shape index (κ3) is 4.20. The second-order valence-corrected chi connectivity index (χ2v) is 5.95. The predicted molar refractivity (Wildman–Crippen MR) is 90.2 cm³/mol. The summed E-state index contributed by atoms with van der Waals surface area (Å²) in [4.78, 5) is 16.3. The summed E-state index contributed by atoms with van der Waals surface area (Å²) < 4.78 is 18.3. The molecular formula is C17H14FN3O2S. The number of hydrogen-bond acceptors (Lipinski definition) is 5. The van der Waals surface area contributed by atoms with Gasteiger partial charge in [0.15, 0.2) is 5.78 Å². The number of H-pyrrole nitrogens is 1. The number of ketones is 1. The molecule has 0 saturated heterocycles. The van der Waals surface area contributed by atoms with Gasteiger partial charge in [-0.25, -0.2) is 9.37 Å². The number of nitrogens with zero attached hydrogens (tertiary/aromatic N) is 2. The van der Waals surface area contributed by atoms with Crippen molar-refractivity contribution in [3.05, 3.63) is 65.1 Å². The Bertz CT molecular complexity index is 868. The largest absolute Gasteiger partial charge is 0.462 e. The predicted octanol–water partition coefficient (Wildman–Crippen LogP) is 3.99. The van der Waals surface area contributed by atoms with Crippen LogP contribution in [-0.4, -0.2) is 26.7 Å². The van der Waals surface area contributed by atoms with Crippen LogP contribution in [-0.2, 0) is 0 Å². The minimum absolute atomic E-state index is 0.104. The number of hydrogen-bond donors (Lipinski definition) is 1. The molecule has 0 bridgehead atoms. The lowest BCUT2D eigenvalue weighted by atomic mass is 10.1. The monoisotopic (exact) mass is 343 g/mol. The van der Waals surface area contributed by atoms with E-state index in [0.29, 0.717) is 16.5 Å². The number of aryl methyl sites for hydroxylation is 1. The molecule has 7 heteroatoms. The zero-order chi connectivity index (χ0) is 16.9. The fourth-order valence-electron chi connectivity index (χ4n) is 1.95. The zero-order valence-corrected chi connectivity index (χ0v) is 13.6. The molecule has 0 atom stereocenters. The van der Waals surface area contributed by atoms with Crippen molar-refractivity contribution in [1.29, 1.82) is 0 Å². The lowest BCUT2D eigenvalue weighted by molar-refractivity contribution is 0.102. The highest BCUT2D eigenvalue weighted by Gasteiger charge is 2.09. The van der Waals surface area contributed by atoms with Gasteiger partial charge in [-0.05, 0) is 55.5 Å². The highest BCUT2D eigenvalue weighted by atomic mass is 32.2. The number of thioether (sulfide) groups is 1. The first-order valence-corrected chi connectivity index (χ1v) is 8.17. The fraction of sp³-hybridized carbons (Fsp3) is 0.118. The van der Waals surface area contributed by atoms with E-state index in [2.05, 4.69) is 15.2 Å². The lowest BCUT2D eigenvalue weighted by Gasteiger charge is -1.98. The highest BCUT2D eigenvalue weighted by Crippen LogP contribution is 2.16. The summed E-state index contributed by atoms with van der Waals surface area (Å²) in [7, 11) is 0. The highest BCUT2D eigenvalue weighted by molar-refractivity contribution is 7.99. The summed E-state index contributed by atoms with van der Waals surface area (Å²) in [5.41, 5.74) is 0.466. The van der Waals surface area contributed by atoms with Crippen LogP contribution in [0, 0.1) is 12.7 Å². The van der Waals surface area contributed by atoms with Crippen molar-refractivity contribution < 1.29 is 13.6 Å². The Morgan fingerprint density at radius 3 is 2.75 bits per heavy atom. The van der Waals surface area contributed by atoms with Crippen molar-refractivity contribution in [2.45, 2.75) is 12.1 Å². The average Bonchev–Trinajstić information content (AvgIpc) is 3.20. The Morgan fingerprint density at radius 2 is 2.04 bits per heavy atom. The number of Topliss-reactive ketones (excluding diaryl/α,β-unsaturated/α-hetero) is 1. The zero-order valence-electron chi connectivity index (χ0n) is 12.8. The van der Waals surface area contributed by atoms with Crippen LogP contribution >= 0.6 is 11.8 Å². The second-order valence-electron chi connectivity index (χ2n) is 5.00. The maximum Gasteiger partial charge on any atom is 0.209 e. The van der Waals surface area contributed by atoms with Crippen LogP contribution in [0.4, 0.5) is 4.39 Å². The van der Waals surface area contributed by atoms with E-state index in [0.717, 1.165) is 11.5 Å². The molecule has 3 rings (SSSR count). The van der Waals surface area contributed by atoms with E-state index < -0.39 is 0 Å². The molecular weight excluding hydrogens is 329 g/mol. The molecule has 2 heterocycles. The maximum absolute atomic E-state index is 12.8. The van der Waals surface area contributed by atoms with Crippen molar-refractivity contribution in [2.24, 2.45) is 0 Å². The van der Waals surface area contributed by atoms with Gasteiger partial charge in [0.2, 0.25) is 5.16 Å². The van der Waals surface area contributed by atoms with Gasteiger partial charge in [-0.15, -0.1) is 5.10 Å². The van der Waals surface area contributed by atoms with E-state index in [1.54, 1.807) is 12.2 Å². The first kappa shape index (κ1) is 16.2. The molecule has 0 amide bonds. The molecule has 3 aromatic rings. The van der Waals surface area contributed by atoms with E-state index in [9.17, 15) is 9.18 Å². The minimum atomic E-state index is -0.364. The molecule has 0 unspecified atom stereocenters. The van der Waals surface area contributed by atoms with Crippen LogP contribution in [0.3, 0.4) is 0 Å². The van der Waals surface area contributed by atoms with E-state index in [1.165, 1.54) is 36.0 Å². The molecule has 0 aliphatic rings. The number of furan rings is 1. The van der Waals surface area contributed by atoms with E-state index in [-0.39, 0.29) is 17.4 Å². The molecule has 0 radical (unpaired) electrons. The Labute approximate surface area is 142 Å². The van der Waals surface area contributed by atoms with Crippen LogP contribution in [0.25, 0.3) is 12.2 Å². The second kappa shape index (κ2) is 7.27. The smallest absolute Gasteiger partial charge is 0.209 e. The van der Waals surface area contributed by atoms with Crippen molar-refractivity contribution >= 4 is 29.7 Å². The lowest BCUT2D eigenvalue weighted by Crippen LogP contribution is -2.02. The number of carbonyl (C=O) groups is 1. The summed E-state index contributed by atoms with van der Waals surface area (Å²) in [6.45, 7) is 1.87. The van der Waals surface area contributed by atoms with Gasteiger partial charge in [-0.3, -0.25) is 9.89 Å². The molecule has 122 valence electrons. The summed E-state index contributed by atoms with van der Waals surface area (Å²) >= 11 is 1.22. The van der Waals surface area contributed by atoms with Crippen LogP contribution < -0.4 is 0 Å². The van der Waals surface area contributed by atoms with Gasteiger partial charge in [0.25, 0.3) is 0 Å². The van der Waals surface area contributed by atoms with Crippen molar-refractivity contribution in [1.82, 2.24) is 15.2 Å². The number of aromatic amines is 1. The topological polar surface area (TPSA) is 71.8 Å². The first-order valence-electron chi connectivity index (χ1n) is 7.18. The Kier molecular flexibility index (Phi) is 4.90. The molecule has 0 fully saturated rings. The normalized spacial score (nSPS) is 11.2. The number of aromatic nitrogens is 3. The van der Waals surface area contributed by atoms with Crippen molar-refractivity contribution in [2.75, 3.05) is 5.75 Å². The van der Waals surface area contributed by atoms with Gasteiger partial charge in [0.1, 0.15) is 23.2 Å². The van der Waals surface area contributed by atoms with Gasteiger partial charge in [-0.2, -0.15) is 0 Å². The summed E-state index contributed by atoms with van der Waals surface area (Å²) in [6.07, 6.45) is 3.53. The summed E-state index contributed by atoms with van der Waals surface area (Å²) in [6, 6.07) is 9.21. The molecule has 0 aliphatic heterocycles. The number of halogens is 1. The van der Waals surface area contributed by atoms with E-state index in [4.69, 9.17) is 4.42 Å².